The van der Waals surface area contributed by atoms with Crippen LogP contribution in [0.3, 0.4) is 0 Å². The van der Waals surface area contributed by atoms with Gasteiger partial charge in [0.2, 0.25) is 0 Å². The molecule has 5 nitrogen and oxygen atoms in total. The summed E-state index contributed by atoms with van der Waals surface area (Å²) in [6.45, 7) is 3.72. The van der Waals surface area contributed by atoms with Gasteiger partial charge in [0, 0.05) is 12.8 Å². The van der Waals surface area contributed by atoms with Gasteiger partial charge in [0.15, 0.2) is 6.10 Å². The third-order valence-electron chi connectivity index (χ3n) is 5.40. The van der Waals surface area contributed by atoms with Crippen LogP contribution < -0.4 is 0 Å². The van der Waals surface area contributed by atoms with Crippen LogP contribution in [0.15, 0.2) is 97.2 Å². The average Bonchev–Trinajstić information content (AvgIpc) is 2.96. The van der Waals surface area contributed by atoms with E-state index >= 15 is 0 Å². The summed E-state index contributed by atoms with van der Waals surface area (Å²) in [7, 11) is 0. The molecule has 0 heterocycles. The van der Waals surface area contributed by atoms with E-state index in [2.05, 4.69) is 86.8 Å². The van der Waals surface area contributed by atoms with Crippen molar-refractivity contribution in [2.45, 2.75) is 97.0 Å². The van der Waals surface area contributed by atoms with E-state index in [1.54, 1.807) is 0 Å². The molecule has 0 saturated heterocycles. The molecule has 1 N–H and O–H groups in total. The number of allylic oxidation sites excluding steroid dienone is 16. The summed E-state index contributed by atoms with van der Waals surface area (Å²) in [5.41, 5.74) is 0. The molecule has 0 aromatic rings. The first-order valence-corrected chi connectivity index (χ1v) is 14.8. The predicted octanol–water partition coefficient (Wildman–Crippen LogP) is 8.60. The Bertz CT molecular complexity index is 855. The first-order valence-electron chi connectivity index (χ1n) is 14.8. The fourth-order valence-corrected chi connectivity index (χ4v) is 3.22. The molecule has 5 heteroatoms. The molecule has 0 bridgehead atoms. The highest BCUT2D eigenvalue weighted by Gasteiger charge is 2.15. The van der Waals surface area contributed by atoms with E-state index in [4.69, 9.17) is 9.47 Å². The minimum absolute atomic E-state index is 0.140. The third kappa shape index (κ3) is 27.8. The number of rotatable bonds is 24. The van der Waals surface area contributed by atoms with Crippen molar-refractivity contribution in [1.29, 1.82) is 0 Å². The largest absolute Gasteiger partial charge is 0.462 e. The lowest BCUT2D eigenvalue weighted by molar-refractivity contribution is -0.161. The maximum absolute atomic E-state index is 12.0. The Kier molecular flexibility index (Phi) is 27.9. The Labute approximate surface area is 243 Å². The molecule has 0 aromatic heterocycles. The molecule has 1 unspecified atom stereocenters. The van der Waals surface area contributed by atoms with Gasteiger partial charge in [0.25, 0.3) is 0 Å². The number of ether oxygens (including phenoxy) is 2. The van der Waals surface area contributed by atoms with Crippen LogP contribution >= 0.6 is 0 Å². The number of carbonyl (C=O) groups is 2. The van der Waals surface area contributed by atoms with E-state index in [-0.39, 0.29) is 32.0 Å². The highest BCUT2D eigenvalue weighted by molar-refractivity contribution is 5.70. The smallest absolute Gasteiger partial charge is 0.306 e. The van der Waals surface area contributed by atoms with E-state index in [1.807, 2.05) is 24.3 Å². The SMILES string of the molecule is CC/C=C\C/C=C\C/C=C\C/C=C\CCC(=O)OCC(CO)OC(=O)CC/C=C\C/C=C\C/C=C\C/C=C\CC. The van der Waals surface area contributed by atoms with Gasteiger partial charge in [0.1, 0.15) is 6.61 Å². The van der Waals surface area contributed by atoms with Gasteiger partial charge in [-0.3, -0.25) is 9.59 Å². The van der Waals surface area contributed by atoms with Crippen molar-refractivity contribution in [2.75, 3.05) is 13.2 Å². The molecule has 0 radical (unpaired) electrons. The number of aliphatic hydroxyl groups excluding tert-OH is 1. The number of carbonyl (C=O) groups excluding carboxylic acids is 2. The highest BCUT2D eigenvalue weighted by Crippen LogP contribution is 2.03. The lowest BCUT2D eigenvalue weighted by Gasteiger charge is -2.15. The number of esters is 2. The van der Waals surface area contributed by atoms with Gasteiger partial charge in [-0.05, 0) is 64.2 Å². The van der Waals surface area contributed by atoms with Crippen molar-refractivity contribution in [3.63, 3.8) is 0 Å². The maximum atomic E-state index is 12.0. The van der Waals surface area contributed by atoms with E-state index in [0.29, 0.717) is 12.8 Å². The molecule has 222 valence electrons. The Hall–Kier alpha value is -3.18. The van der Waals surface area contributed by atoms with Gasteiger partial charge < -0.3 is 14.6 Å². The normalized spacial score (nSPS) is 13.6. The second-order valence-electron chi connectivity index (χ2n) is 9.06. The summed E-state index contributed by atoms with van der Waals surface area (Å²) in [6, 6.07) is 0. The second-order valence-corrected chi connectivity index (χ2v) is 9.06. The minimum Gasteiger partial charge on any atom is -0.462 e. The van der Waals surface area contributed by atoms with Crippen LogP contribution in [0, 0.1) is 0 Å². The van der Waals surface area contributed by atoms with E-state index in [0.717, 1.165) is 51.4 Å². The Balaban J connectivity index is 3.90. The van der Waals surface area contributed by atoms with E-state index < -0.39 is 12.1 Å². The van der Waals surface area contributed by atoms with Gasteiger partial charge in [-0.15, -0.1) is 0 Å². The van der Waals surface area contributed by atoms with Crippen molar-refractivity contribution >= 4 is 11.9 Å². The molecule has 0 fully saturated rings. The maximum Gasteiger partial charge on any atom is 0.306 e. The Morgan fingerprint density at radius 1 is 0.550 bits per heavy atom. The lowest BCUT2D eigenvalue weighted by atomic mass is 10.2. The van der Waals surface area contributed by atoms with Gasteiger partial charge >= 0.3 is 11.9 Å². The summed E-state index contributed by atoms with van der Waals surface area (Å²) in [5, 5.41) is 9.45. The van der Waals surface area contributed by atoms with Crippen molar-refractivity contribution in [3.05, 3.63) is 97.2 Å². The molecule has 0 aromatic carbocycles. The van der Waals surface area contributed by atoms with Crippen molar-refractivity contribution in [2.24, 2.45) is 0 Å². The van der Waals surface area contributed by atoms with Gasteiger partial charge in [-0.2, -0.15) is 0 Å². The van der Waals surface area contributed by atoms with Crippen molar-refractivity contribution in [1.82, 2.24) is 0 Å². The summed E-state index contributed by atoms with van der Waals surface area (Å²) in [5.74, 6) is -0.797. The van der Waals surface area contributed by atoms with Gasteiger partial charge in [0.05, 0.1) is 6.61 Å². The van der Waals surface area contributed by atoms with Crippen molar-refractivity contribution < 1.29 is 24.2 Å². The molecule has 40 heavy (non-hydrogen) atoms. The number of aliphatic hydroxyl groups is 1. The molecule has 0 aliphatic heterocycles. The Morgan fingerprint density at radius 2 is 0.900 bits per heavy atom. The summed E-state index contributed by atoms with van der Waals surface area (Å²) < 4.78 is 10.4. The first kappa shape index (κ1) is 36.8. The van der Waals surface area contributed by atoms with Crippen LogP contribution in [0.1, 0.15) is 90.9 Å². The fraction of sp³-hybridized carbons (Fsp3) is 0.486. The molecule has 0 aliphatic rings. The fourth-order valence-electron chi connectivity index (χ4n) is 3.22. The van der Waals surface area contributed by atoms with Crippen LogP contribution in [0.2, 0.25) is 0 Å². The zero-order valence-corrected chi connectivity index (χ0v) is 24.8. The van der Waals surface area contributed by atoms with Gasteiger partial charge in [-0.25, -0.2) is 0 Å². The third-order valence-corrected chi connectivity index (χ3v) is 5.40. The monoisotopic (exact) mass is 552 g/mol. The van der Waals surface area contributed by atoms with Crippen molar-refractivity contribution in [3.8, 4) is 0 Å². The quantitative estimate of drug-likeness (QED) is 0.0958. The molecular weight excluding hydrogens is 500 g/mol. The number of hydrogen-bond donors (Lipinski definition) is 1. The summed E-state index contributed by atoms with van der Waals surface area (Å²) in [6.07, 6.45) is 42.0. The summed E-state index contributed by atoms with van der Waals surface area (Å²) in [4.78, 5) is 23.9. The molecule has 0 amide bonds. The molecule has 1 atom stereocenters. The van der Waals surface area contributed by atoms with E-state index in [9.17, 15) is 14.7 Å². The van der Waals surface area contributed by atoms with Crippen LogP contribution in [0.4, 0.5) is 0 Å². The van der Waals surface area contributed by atoms with Gasteiger partial charge in [-0.1, -0.05) is 111 Å². The zero-order valence-electron chi connectivity index (χ0n) is 24.8. The van der Waals surface area contributed by atoms with Crippen LogP contribution in [0.25, 0.3) is 0 Å². The highest BCUT2D eigenvalue weighted by atomic mass is 16.6. The second kappa shape index (κ2) is 30.4. The van der Waals surface area contributed by atoms with Crippen LogP contribution in [-0.2, 0) is 19.1 Å². The van der Waals surface area contributed by atoms with Crippen LogP contribution in [0.5, 0.6) is 0 Å². The van der Waals surface area contributed by atoms with Crippen LogP contribution in [-0.4, -0.2) is 36.4 Å². The predicted molar refractivity (Wildman–Crippen MR) is 168 cm³/mol. The topological polar surface area (TPSA) is 72.8 Å². The molecule has 0 saturated carbocycles. The minimum atomic E-state index is -0.841. The lowest BCUT2D eigenvalue weighted by Crippen LogP contribution is -2.28. The zero-order chi connectivity index (χ0) is 29.4. The molecule has 0 rings (SSSR count). The molecule has 0 spiro atoms. The summed E-state index contributed by atoms with van der Waals surface area (Å²) >= 11 is 0. The Morgan fingerprint density at radius 3 is 1.27 bits per heavy atom. The molecular formula is C35H52O5. The standard InChI is InChI=1S/C35H52O5/c1-3-5-7-9-11-13-15-17-19-21-23-25-27-29-34(37)39-32-33(31-36)40-35(38)30-28-26-24-22-20-18-16-14-12-10-8-6-4-2/h5-8,11-14,17-20,23-26,33,36H,3-4,9-10,15-16,21-22,27-32H2,1-2H3/b7-5-,8-6-,13-11-,14-12-,19-17-,20-18-,25-23-,26-24-. The van der Waals surface area contributed by atoms with E-state index in [1.165, 1.54) is 0 Å². The molecule has 0 aliphatic carbocycles. The average molecular weight is 553 g/mol. The number of hydrogen-bond acceptors (Lipinski definition) is 5. The first-order chi connectivity index (χ1) is 19.6.